The first-order valence-electron chi connectivity index (χ1n) is 7.81. The molecular weight excluding hydrogens is 336 g/mol. The van der Waals surface area contributed by atoms with Crippen molar-refractivity contribution in [2.75, 3.05) is 0 Å². The van der Waals surface area contributed by atoms with Crippen molar-refractivity contribution >= 4 is 17.4 Å². The molecule has 1 N–H and O–H groups in total. The monoisotopic (exact) mass is 354 g/mol. The molecule has 0 aliphatic heterocycles. The summed E-state index contributed by atoms with van der Waals surface area (Å²) in [5.74, 6) is 0. The molecule has 0 amide bonds. The fraction of sp³-hybridized carbons (Fsp3) is 0.158. The van der Waals surface area contributed by atoms with Crippen molar-refractivity contribution in [1.29, 1.82) is 0 Å². The summed E-state index contributed by atoms with van der Waals surface area (Å²) in [6.45, 7) is 4.05. The first kappa shape index (κ1) is 17.3. The van der Waals surface area contributed by atoms with Crippen LogP contribution in [-0.2, 0) is 6.61 Å². The number of aliphatic hydroxyl groups excluding tert-OH is 1. The van der Waals surface area contributed by atoms with E-state index in [0.717, 1.165) is 32.4 Å². The van der Waals surface area contributed by atoms with Crippen LogP contribution in [0.1, 0.15) is 17.0 Å². The molecule has 1 heterocycles. The average molecular weight is 354 g/mol. The summed E-state index contributed by atoms with van der Waals surface area (Å²) >= 11 is 1.56. The number of nitrogens with zero attached hydrogens (tertiary/aromatic N) is 2. The fourth-order valence-electron chi connectivity index (χ4n) is 2.82. The number of aryl methyl sites for hydroxylation is 1. The Morgan fingerprint density at radius 1 is 1.04 bits per heavy atom. The lowest BCUT2D eigenvalue weighted by molar-refractivity contribution is -0.384. The summed E-state index contributed by atoms with van der Waals surface area (Å²) in [5, 5.41) is 20.1. The second-order valence-corrected chi connectivity index (χ2v) is 6.88. The van der Waals surface area contributed by atoms with E-state index in [4.69, 9.17) is 0 Å². The van der Waals surface area contributed by atoms with Gasteiger partial charge in [0, 0.05) is 39.0 Å². The predicted molar refractivity (Wildman–Crippen MR) is 98.4 cm³/mol. The van der Waals surface area contributed by atoms with Crippen molar-refractivity contribution in [1.82, 2.24) is 4.57 Å². The highest BCUT2D eigenvalue weighted by Gasteiger charge is 2.10. The van der Waals surface area contributed by atoms with E-state index < -0.39 is 4.92 Å². The Morgan fingerprint density at radius 2 is 1.60 bits per heavy atom. The Morgan fingerprint density at radius 3 is 2.08 bits per heavy atom. The normalized spacial score (nSPS) is 10.8. The predicted octanol–water partition coefficient (Wildman–Crippen LogP) is 4.65. The van der Waals surface area contributed by atoms with Crippen molar-refractivity contribution in [3.05, 3.63) is 81.7 Å². The standard InChI is InChI=1S/C19H18N2O3S/c1-13-11-15(12-22)14(2)20(13)16-3-7-18(8-4-16)25-19-9-5-17(6-10-19)21(23)24/h3-11,22H,12H2,1-2H3. The number of aliphatic hydroxyl groups is 1. The van der Waals surface area contributed by atoms with Crippen molar-refractivity contribution in [3.8, 4) is 5.69 Å². The van der Waals surface area contributed by atoms with Crippen LogP contribution in [0.3, 0.4) is 0 Å². The van der Waals surface area contributed by atoms with Gasteiger partial charge in [-0.25, -0.2) is 0 Å². The van der Waals surface area contributed by atoms with Gasteiger partial charge in [0.25, 0.3) is 5.69 Å². The van der Waals surface area contributed by atoms with Gasteiger partial charge in [0.15, 0.2) is 0 Å². The largest absolute Gasteiger partial charge is 0.392 e. The molecule has 6 heteroatoms. The number of rotatable bonds is 5. The third kappa shape index (κ3) is 3.60. The number of non-ortho nitro benzene ring substituents is 1. The zero-order valence-electron chi connectivity index (χ0n) is 14.0. The maximum Gasteiger partial charge on any atom is 0.269 e. The summed E-state index contributed by atoms with van der Waals surface area (Å²) in [7, 11) is 0. The van der Waals surface area contributed by atoms with Gasteiger partial charge < -0.3 is 9.67 Å². The zero-order chi connectivity index (χ0) is 18.0. The van der Waals surface area contributed by atoms with Crippen LogP contribution in [0.5, 0.6) is 0 Å². The Labute approximate surface area is 150 Å². The number of aromatic nitrogens is 1. The summed E-state index contributed by atoms with van der Waals surface area (Å²) < 4.78 is 2.12. The highest BCUT2D eigenvalue weighted by molar-refractivity contribution is 7.99. The molecule has 2 aromatic carbocycles. The fourth-order valence-corrected chi connectivity index (χ4v) is 3.64. The lowest BCUT2D eigenvalue weighted by atomic mass is 10.2. The first-order chi connectivity index (χ1) is 12.0. The Hall–Kier alpha value is -2.57. The van der Waals surface area contributed by atoms with Crippen LogP contribution in [-0.4, -0.2) is 14.6 Å². The molecule has 0 spiro atoms. The third-order valence-electron chi connectivity index (χ3n) is 4.08. The van der Waals surface area contributed by atoms with Crippen molar-refractivity contribution < 1.29 is 10.0 Å². The Balaban J connectivity index is 1.81. The van der Waals surface area contributed by atoms with Crippen LogP contribution in [0, 0.1) is 24.0 Å². The Kier molecular flexibility index (Phi) is 4.92. The van der Waals surface area contributed by atoms with Crippen LogP contribution >= 0.6 is 11.8 Å². The molecule has 0 saturated heterocycles. The summed E-state index contributed by atoms with van der Waals surface area (Å²) in [6, 6.07) is 16.7. The zero-order valence-corrected chi connectivity index (χ0v) is 14.8. The SMILES string of the molecule is Cc1cc(CO)c(C)n1-c1ccc(Sc2ccc([N+](=O)[O-])cc2)cc1. The van der Waals surface area contributed by atoms with Gasteiger partial charge in [0.1, 0.15) is 0 Å². The smallest absolute Gasteiger partial charge is 0.269 e. The molecule has 0 aliphatic rings. The second kappa shape index (κ2) is 7.13. The van der Waals surface area contributed by atoms with E-state index in [1.54, 1.807) is 23.9 Å². The molecule has 0 saturated carbocycles. The maximum absolute atomic E-state index is 10.7. The second-order valence-electron chi connectivity index (χ2n) is 5.74. The summed E-state index contributed by atoms with van der Waals surface area (Å²) in [5.41, 5.74) is 4.19. The van der Waals surface area contributed by atoms with E-state index in [0.29, 0.717) is 0 Å². The summed E-state index contributed by atoms with van der Waals surface area (Å²) in [4.78, 5) is 12.3. The average Bonchev–Trinajstić information content (AvgIpc) is 2.90. The van der Waals surface area contributed by atoms with Gasteiger partial charge >= 0.3 is 0 Å². The molecule has 0 atom stereocenters. The minimum atomic E-state index is -0.397. The number of hydrogen-bond acceptors (Lipinski definition) is 4. The molecule has 1 aromatic heterocycles. The molecule has 0 bridgehead atoms. The number of benzene rings is 2. The van der Waals surface area contributed by atoms with Gasteiger partial charge in [-0.15, -0.1) is 0 Å². The topological polar surface area (TPSA) is 68.3 Å². The molecule has 0 radical (unpaired) electrons. The third-order valence-corrected chi connectivity index (χ3v) is 5.10. The minimum absolute atomic E-state index is 0.0355. The Bertz CT molecular complexity index is 900. The molecule has 0 fully saturated rings. The number of nitro groups is 1. The van der Waals surface area contributed by atoms with E-state index in [-0.39, 0.29) is 12.3 Å². The lowest BCUT2D eigenvalue weighted by Gasteiger charge is -2.11. The van der Waals surface area contributed by atoms with Gasteiger partial charge in [-0.2, -0.15) is 0 Å². The van der Waals surface area contributed by atoms with Crippen molar-refractivity contribution in [2.45, 2.75) is 30.2 Å². The molecule has 5 nitrogen and oxygen atoms in total. The van der Waals surface area contributed by atoms with Crippen molar-refractivity contribution in [2.24, 2.45) is 0 Å². The van der Waals surface area contributed by atoms with Crippen LogP contribution in [0.15, 0.2) is 64.4 Å². The molecule has 3 aromatic rings. The van der Waals surface area contributed by atoms with Crippen LogP contribution in [0.2, 0.25) is 0 Å². The minimum Gasteiger partial charge on any atom is -0.392 e. The summed E-state index contributed by atoms with van der Waals surface area (Å²) in [6.07, 6.45) is 0. The quantitative estimate of drug-likeness (QED) is 0.535. The maximum atomic E-state index is 10.7. The van der Waals surface area contributed by atoms with Gasteiger partial charge in [-0.3, -0.25) is 10.1 Å². The molecule has 128 valence electrons. The molecular formula is C19H18N2O3S. The molecule has 3 rings (SSSR count). The van der Waals surface area contributed by atoms with Crippen LogP contribution in [0.25, 0.3) is 5.69 Å². The number of nitro benzene ring substituents is 1. The highest BCUT2D eigenvalue weighted by atomic mass is 32.2. The van der Waals surface area contributed by atoms with E-state index in [1.807, 2.05) is 44.2 Å². The van der Waals surface area contributed by atoms with Crippen LogP contribution < -0.4 is 0 Å². The van der Waals surface area contributed by atoms with E-state index >= 15 is 0 Å². The van der Waals surface area contributed by atoms with E-state index in [2.05, 4.69) is 4.57 Å². The van der Waals surface area contributed by atoms with Crippen LogP contribution in [0.4, 0.5) is 5.69 Å². The van der Waals surface area contributed by atoms with E-state index in [1.165, 1.54) is 12.1 Å². The highest BCUT2D eigenvalue weighted by Crippen LogP contribution is 2.30. The first-order valence-corrected chi connectivity index (χ1v) is 8.62. The molecule has 25 heavy (non-hydrogen) atoms. The number of hydrogen-bond donors (Lipinski definition) is 1. The van der Waals surface area contributed by atoms with E-state index in [9.17, 15) is 15.2 Å². The van der Waals surface area contributed by atoms with Gasteiger partial charge in [-0.05, 0) is 61.9 Å². The van der Waals surface area contributed by atoms with Gasteiger partial charge in [-0.1, -0.05) is 11.8 Å². The van der Waals surface area contributed by atoms with Crippen molar-refractivity contribution in [3.63, 3.8) is 0 Å². The van der Waals surface area contributed by atoms with Gasteiger partial charge in [0.05, 0.1) is 11.5 Å². The molecule has 0 aliphatic carbocycles. The lowest BCUT2D eigenvalue weighted by Crippen LogP contribution is -1.99. The molecule has 0 unspecified atom stereocenters. The van der Waals surface area contributed by atoms with Gasteiger partial charge in [0.2, 0.25) is 0 Å².